The molecule has 0 aromatic heterocycles. The van der Waals surface area contributed by atoms with Crippen molar-refractivity contribution in [3.05, 3.63) is 29.8 Å². The molecule has 1 aromatic carbocycles. The lowest BCUT2D eigenvalue weighted by molar-refractivity contribution is -0.870. The summed E-state index contributed by atoms with van der Waals surface area (Å²) in [5.74, 6) is 1.47. The molecule has 0 saturated heterocycles. The fourth-order valence-electron chi connectivity index (χ4n) is 1.11. The minimum atomic E-state index is -2.08. The van der Waals surface area contributed by atoms with Crippen LogP contribution in [0.25, 0.3) is 0 Å². The first kappa shape index (κ1) is 17.5. The van der Waals surface area contributed by atoms with Crippen molar-refractivity contribution in [2.45, 2.75) is 5.88 Å². The van der Waals surface area contributed by atoms with Crippen molar-refractivity contribution in [1.29, 1.82) is 0 Å². The number of hydrogen-bond donors (Lipinski definition) is 1. The van der Waals surface area contributed by atoms with Crippen molar-refractivity contribution in [3.8, 4) is 5.75 Å². The van der Waals surface area contributed by atoms with Gasteiger partial charge >= 0.3 is 0 Å². The molecule has 0 heterocycles. The Morgan fingerprint density at radius 2 is 1.79 bits per heavy atom. The van der Waals surface area contributed by atoms with Gasteiger partial charge in [0.1, 0.15) is 18.9 Å². The topological polar surface area (TPSA) is 69.6 Å². The average molecular weight is 290 g/mol. The Labute approximate surface area is 118 Å². The van der Waals surface area contributed by atoms with Crippen LogP contribution in [-0.4, -0.2) is 50.0 Å². The molecule has 19 heavy (non-hydrogen) atoms. The van der Waals surface area contributed by atoms with Crippen LogP contribution >= 0.6 is 11.6 Å². The minimum Gasteiger partial charge on any atom is -0.565 e. The number of ether oxygens (including phenoxy) is 1. The van der Waals surface area contributed by atoms with Crippen LogP contribution in [-0.2, 0) is 5.88 Å². The highest BCUT2D eigenvalue weighted by Crippen LogP contribution is 2.13. The summed E-state index contributed by atoms with van der Waals surface area (Å²) in [7, 11) is 6.46. The summed E-state index contributed by atoms with van der Waals surface area (Å²) in [6.45, 7) is 1.74. The van der Waals surface area contributed by atoms with Gasteiger partial charge in [-0.15, -0.1) is 11.6 Å². The first-order chi connectivity index (χ1) is 8.74. The van der Waals surface area contributed by atoms with Crippen LogP contribution in [0.5, 0.6) is 5.75 Å². The molecule has 0 bridgehead atoms. The fourth-order valence-corrected chi connectivity index (χ4v) is 1.29. The van der Waals surface area contributed by atoms with Crippen LogP contribution in [0.3, 0.4) is 0 Å². The summed E-state index contributed by atoms with van der Waals surface area (Å²) in [6.07, 6.45) is -2.08. The molecular weight excluding hydrogens is 270 g/mol. The van der Waals surface area contributed by atoms with Gasteiger partial charge in [0.15, 0.2) is 0 Å². The van der Waals surface area contributed by atoms with Crippen LogP contribution in [0.2, 0.25) is 0 Å². The maximum absolute atomic E-state index is 8.44. The van der Waals surface area contributed by atoms with Crippen molar-refractivity contribution >= 4 is 17.8 Å². The van der Waals surface area contributed by atoms with Gasteiger partial charge in [-0.3, -0.25) is 0 Å². The predicted octanol–water partition coefficient (Wildman–Crippen LogP) is 1.40. The molecule has 0 unspecified atom stereocenters. The molecule has 0 aliphatic carbocycles. The Kier molecular flexibility index (Phi) is 7.95. The van der Waals surface area contributed by atoms with E-state index in [0.717, 1.165) is 28.9 Å². The molecule has 6 heteroatoms. The normalized spacial score (nSPS) is 10.3. The number of benzene rings is 1. The van der Waals surface area contributed by atoms with Gasteiger partial charge in [0.05, 0.1) is 21.1 Å². The summed E-state index contributed by atoms with van der Waals surface area (Å²) in [5.41, 5.74) is 1.12. The van der Waals surface area contributed by atoms with Gasteiger partial charge in [-0.1, -0.05) is 12.1 Å². The monoisotopic (exact) mass is 289 g/mol. The van der Waals surface area contributed by atoms with Crippen LogP contribution in [0, 0.1) is 0 Å². The molecule has 108 valence electrons. The Hall–Kier alpha value is -1.46. The van der Waals surface area contributed by atoms with Crippen LogP contribution in [0.4, 0.5) is 4.79 Å². The van der Waals surface area contributed by atoms with Crippen molar-refractivity contribution in [1.82, 2.24) is 0 Å². The lowest BCUT2D eigenvalue weighted by Gasteiger charge is -2.23. The number of rotatable bonds is 5. The Balaban J connectivity index is 0.000000711. The number of carbonyl (C=O) groups is 1. The van der Waals surface area contributed by atoms with Crippen LogP contribution in [0.1, 0.15) is 5.56 Å². The van der Waals surface area contributed by atoms with E-state index in [1.165, 1.54) is 0 Å². The molecule has 0 amide bonds. The quantitative estimate of drug-likeness (QED) is 0.657. The Morgan fingerprint density at radius 1 is 1.32 bits per heavy atom. The maximum atomic E-state index is 8.44. The Morgan fingerprint density at radius 3 is 2.16 bits per heavy atom. The van der Waals surface area contributed by atoms with Crippen molar-refractivity contribution in [3.63, 3.8) is 0 Å². The van der Waals surface area contributed by atoms with Gasteiger partial charge < -0.3 is 24.2 Å². The van der Waals surface area contributed by atoms with E-state index >= 15 is 0 Å². The number of hydrogen-bond acceptors (Lipinski definition) is 3. The summed E-state index contributed by atoms with van der Waals surface area (Å²) in [4.78, 5) is 8.44. The lowest BCUT2D eigenvalue weighted by Crippen LogP contribution is -2.38. The third-order valence-electron chi connectivity index (χ3n) is 2.11. The van der Waals surface area contributed by atoms with Crippen molar-refractivity contribution in [2.75, 3.05) is 34.3 Å². The largest absolute Gasteiger partial charge is 0.565 e. The summed E-state index contributed by atoms with van der Waals surface area (Å²) in [5, 5.41) is 15.3. The zero-order chi connectivity index (χ0) is 14.9. The van der Waals surface area contributed by atoms with E-state index in [1.807, 2.05) is 24.3 Å². The zero-order valence-corrected chi connectivity index (χ0v) is 12.2. The molecule has 1 aromatic rings. The van der Waals surface area contributed by atoms with E-state index in [0.29, 0.717) is 5.88 Å². The highest BCUT2D eigenvalue weighted by molar-refractivity contribution is 6.17. The van der Waals surface area contributed by atoms with E-state index in [9.17, 15) is 0 Å². The number of carboxylic acid groups (broad SMARTS) is 2. The van der Waals surface area contributed by atoms with Crippen molar-refractivity contribution in [2.24, 2.45) is 0 Å². The van der Waals surface area contributed by atoms with Crippen LogP contribution < -0.4 is 9.84 Å². The highest BCUT2D eigenvalue weighted by atomic mass is 35.5. The van der Waals surface area contributed by atoms with Gasteiger partial charge in [-0.2, -0.15) is 0 Å². The third-order valence-corrected chi connectivity index (χ3v) is 2.42. The average Bonchev–Trinajstić information content (AvgIpc) is 2.27. The van der Waals surface area contributed by atoms with Gasteiger partial charge in [0.2, 0.25) is 6.16 Å². The van der Waals surface area contributed by atoms with E-state index < -0.39 is 6.16 Å². The van der Waals surface area contributed by atoms with Gasteiger partial charge in [-0.25, -0.2) is 0 Å². The molecular formula is C13H20ClNO4. The minimum absolute atomic E-state index is 0.555. The summed E-state index contributed by atoms with van der Waals surface area (Å²) in [6, 6.07) is 7.92. The second-order valence-electron chi connectivity index (χ2n) is 4.91. The predicted molar refractivity (Wildman–Crippen MR) is 72.4 cm³/mol. The van der Waals surface area contributed by atoms with E-state index in [4.69, 9.17) is 31.3 Å². The van der Waals surface area contributed by atoms with E-state index in [-0.39, 0.29) is 0 Å². The molecule has 0 spiro atoms. The maximum Gasteiger partial charge on any atom is 0.249 e. The molecule has 0 aliphatic rings. The molecule has 0 radical (unpaired) electrons. The summed E-state index contributed by atoms with van der Waals surface area (Å²) < 4.78 is 6.54. The zero-order valence-electron chi connectivity index (χ0n) is 11.4. The number of likely N-dealkylation sites (N-methyl/N-ethyl adjacent to an activating group) is 1. The number of nitrogens with zero attached hydrogens (tertiary/aromatic N) is 1. The number of quaternary nitrogens is 1. The number of alkyl halides is 1. The molecule has 1 N–H and O–H groups in total. The van der Waals surface area contributed by atoms with Crippen LogP contribution in [0.15, 0.2) is 24.3 Å². The Bertz CT molecular complexity index is 369. The van der Waals surface area contributed by atoms with Gasteiger partial charge in [0.25, 0.3) is 0 Å². The van der Waals surface area contributed by atoms with E-state index in [1.54, 1.807) is 0 Å². The van der Waals surface area contributed by atoms with Gasteiger partial charge in [0, 0.05) is 5.88 Å². The first-order valence-corrected chi connectivity index (χ1v) is 6.26. The molecule has 5 nitrogen and oxygen atoms in total. The smallest absolute Gasteiger partial charge is 0.249 e. The van der Waals surface area contributed by atoms with E-state index in [2.05, 4.69) is 21.1 Å². The third kappa shape index (κ3) is 11.4. The lowest BCUT2D eigenvalue weighted by atomic mass is 10.2. The standard InChI is InChI=1S/C12H19ClNO.CH2O3/c1-14(2,3)8-9-15-12-6-4-11(10-13)5-7-12;2-1(3)4/h4-7H,8-10H2,1-3H3;(H2,2,3,4)/q+1;/p-1. The molecule has 0 aliphatic heterocycles. The highest BCUT2D eigenvalue weighted by Gasteiger charge is 2.06. The molecule has 1 rings (SSSR count). The SMILES string of the molecule is C[N+](C)(C)CCOc1ccc(CCl)cc1.O=C([O-])O. The van der Waals surface area contributed by atoms with Crippen molar-refractivity contribution < 1.29 is 24.2 Å². The molecule has 0 atom stereocenters. The summed E-state index contributed by atoms with van der Waals surface area (Å²) >= 11 is 5.70. The fraction of sp³-hybridized carbons (Fsp3) is 0.462. The number of halogens is 1. The second-order valence-corrected chi connectivity index (χ2v) is 5.17. The first-order valence-electron chi connectivity index (χ1n) is 5.72. The second kappa shape index (κ2) is 8.61. The molecule has 0 fully saturated rings. The van der Waals surface area contributed by atoms with Gasteiger partial charge in [-0.05, 0) is 17.7 Å². The molecule has 0 saturated carbocycles.